The third-order valence-electron chi connectivity index (χ3n) is 5.75. The number of hydrogen-bond acceptors (Lipinski definition) is 5. The summed E-state index contributed by atoms with van der Waals surface area (Å²) >= 11 is 0. The van der Waals surface area contributed by atoms with Crippen molar-refractivity contribution < 1.29 is 9.72 Å². The molecule has 0 saturated carbocycles. The molecule has 0 saturated heterocycles. The van der Waals surface area contributed by atoms with Gasteiger partial charge >= 0.3 is 0 Å². The topological polar surface area (TPSA) is 127 Å². The maximum atomic E-state index is 12.3. The van der Waals surface area contributed by atoms with Crippen LogP contribution in [0.5, 0.6) is 0 Å². The summed E-state index contributed by atoms with van der Waals surface area (Å²) in [5, 5.41) is 16.3. The maximum Gasteiger partial charge on any atom is 0.278 e. The molecule has 0 spiro atoms. The Kier molecular flexibility index (Phi) is 5.39. The molecule has 34 heavy (non-hydrogen) atoms. The van der Waals surface area contributed by atoms with Gasteiger partial charge in [-0.2, -0.15) is 0 Å². The Balaban J connectivity index is 1.38. The van der Waals surface area contributed by atoms with Gasteiger partial charge in [0.25, 0.3) is 11.6 Å². The highest BCUT2D eigenvalue weighted by Crippen LogP contribution is 2.32. The van der Waals surface area contributed by atoms with E-state index in [2.05, 4.69) is 21.4 Å². The molecule has 4 N–H and O–H groups in total. The van der Waals surface area contributed by atoms with E-state index in [4.69, 9.17) is 5.73 Å². The van der Waals surface area contributed by atoms with E-state index in [0.29, 0.717) is 41.1 Å². The van der Waals surface area contributed by atoms with Crippen molar-refractivity contribution in [1.82, 2.24) is 15.3 Å². The number of pyridine rings is 1. The van der Waals surface area contributed by atoms with Crippen molar-refractivity contribution in [2.24, 2.45) is 0 Å². The van der Waals surface area contributed by atoms with Crippen LogP contribution in [0.4, 0.5) is 11.4 Å². The quantitative estimate of drug-likeness (QED) is 0.193. The van der Waals surface area contributed by atoms with Crippen molar-refractivity contribution in [3.8, 4) is 11.3 Å². The van der Waals surface area contributed by atoms with Crippen LogP contribution < -0.4 is 11.1 Å². The van der Waals surface area contributed by atoms with Crippen molar-refractivity contribution in [3.63, 3.8) is 0 Å². The van der Waals surface area contributed by atoms with Crippen LogP contribution in [0.3, 0.4) is 0 Å². The fourth-order valence-corrected chi connectivity index (χ4v) is 4.08. The van der Waals surface area contributed by atoms with Gasteiger partial charge in [0.15, 0.2) is 0 Å². The molecular weight excluding hydrogens is 430 g/mol. The van der Waals surface area contributed by atoms with E-state index in [-0.39, 0.29) is 11.6 Å². The van der Waals surface area contributed by atoms with Gasteiger partial charge in [0.1, 0.15) is 5.65 Å². The first kappa shape index (κ1) is 21.1. The Morgan fingerprint density at radius 3 is 2.68 bits per heavy atom. The van der Waals surface area contributed by atoms with E-state index >= 15 is 0 Å². The van der Waals surface area contributed by atoms with Crippen LogP contribution >= 0.6 is 0 Å². The lowest BCUT2D eigenvalue weighted by Crippen LogP contribution is -2.25. The van der Waals surface area contributed by atoms with Crippen molar-refractivity contribution in [2.45, 2.75) is 6.42 Å². The number of fused-ring (bicyclic) bond motifs is 3. The molecule has 5 aromatic rings. The standard InChI is InChI=1S/C26H21N5O3/c27-18-5-3-4-17(15-18)26(32)28-13-12-16-8-10-23-21(14-16)19-9-11-22(29-25(19)30-23)20-6-1-2-7-24(20)31(33)34/h1-11,14-15H,12-13,27H2,(H,28,32)(H,29,30). The third-order valence-corrected chi connectivity index (χ3v) is 5.75. The SMILES string of the molecule is Nc1cccc(C(=O)NCCc2ccc3[nH]c4nc(-c5ccccc5[N+](=O)[O-])ccc4c3c2)c1. The van der Waals surface area contributed by atoms with Crippen LogP contribution in [0.1, 0.15) is 15.9 Å². The van der Waals surface area contributed by atoms with Crippen molar-refractivity contribution >= 4 is 39.2 Å². The highest BCUT2D eigenvalue weighted by molar-refractivity contribution is 6.06. The Labute approximate surface area is 194 Å². The Hall–Kier alpha value is -4.72. The van der Waals surface area contributed by atoms with E-state index in [1.807, 2.05) is 18.2 Å². The zero-order chi connectivity index (χ0) is 23.7. The molecule has 2 aromatic heterocycles. The fraction of sp³-hybridized carbons (Fsp3) is 0.0769. The summed E-state index contributed by atoms with van der Waals surface area (Å²) in [6.45, 7) is 0.488. The minimum atomic E-state index is -0.399. The molecule has 168 valence electrons. The first-order valence-electron chi connectivity index (χ1n) is 10.8. The Bertz CT molecular complexity index is 1560. The van der Waals surface area contributed by atoms with Gasteiger partial charge in [-0.1, -0.05) is 24.3 Å². The number of carbonyl (C=O) groups is 1. The minimum absolute atomic E-state index is 0.0213. The smallest absolute Gasteiger partial charge is 0.278 e. The number of aromatic nitrogens is 2. The average molecular weight is 451 g/mol. The van der Waals surface area contributed by atoms with E-state index in [1.54, 1.807) is 48.5 Å². The van der Waals surface area contributed by atoms with Gasteiger partial charge < -0.3 is 16.0 Å². The number of rotatable bonds is 6. The van der Waals surface area contributed by atoms with Crippen molar-refractivity contribution in [3.05, 3.63) is 100 Å². The Morgan fingerprint density at radius 2 is 1.85 bits per heavy atom. The summed E-state index contributed by atoms with van der Waals surface area (Å²) in [5.41, 5.74) is 10.5. The van der Waals surface area contributed by atoms with Gasteiger partial charge in [0.05, 0.1) is 16.2 Å². The number of H-pyrrole nitrogens is 1. The number of nitro groups is 1. The molecule has 0 fully saturated rings. The molecular formula is C26H21N5O3. The second-order valence-corrected chi connectivity index (χ2v) is 8.00. The molecule has 3 aromatic carbocycles. The number of aromatic amines is 1. The number of nitrogen functional groups attached to an aromatic ring is 1. The molecule has 0 bridgehead atoms. The molecule has 8 nitrogen and oxygen atoms in total. The predicted octanol–water partition coefficient (Wildman–Crippen LogP) is 4.85. The third kappa shape index (κ3) is 4.04. The molecule has 0 aliphatic carbocycles. The van der Waals surface area contributed by atoms with E-state index in [1.165, 1.54) is 6.07 Å². The minimum Gasteiger partial charge on any atom is -0.399 e. The van der Waals surface area contributed by atoms with Crippen LogP contribution in [-0.2, 0) is 6.42 Å². The lowest BCUT2D eigenvalue weighted by molar-refractivity contribution is -0.384. The fourth-order valence-electron chi connectivity index (χ4n) is 4.08. The number of para-hydroxylation sites is 1. The molecule has 5 rings (SSSR count). The monoisotopic (exact) mass is 451 g/mol. The summed E-state index contributed by atoms with van der Waals surface area (Å²) in [6, 6.07) is 23.3. The van der Waals surface area contributed by atoms with E-state index in [9.17, 15) is 14.9 Å². The zero-order valence-corrected chi connectivity index (χ0v) is 18.1. The zero-order valence-electron chi connectivity index (χ0n) is 18.1. The number of carbonyl (C=O) groups excluding carboxylic acids is 1. The number of nitrogens with two attached hydrogens (primary N) is 1. The lowest BCUT2D eigenvalue weighted by Gasteiger charge is -2.06. The van der Waals surface area contributed by atoms with Crippen LogP contribution in [0.25, 0.3) is 33.2 Å². The molecule has 0 aliphatic heterocycles. The first-order chi connectivity index (χ1) is 16.5. The average Bonchev–Trinajstić information content (AvgIpc) is 3.21. The number of amides is 1. The molecule has 0 unspecified atom stereocenters. The van der Waals surface area contributed by atoms with Gasteiger partial charge in [-0.15, -0.1) is 0 Å². The number of hydrogen-bond donors (Lipinski definition) is 3. The number of anilines is 1. The van der Waals surface area contributed by atoms with Crippen molar-refractivity contribution in [1.29, 1.82) is 0 Å². The lowest BCUT2D eigenvalue weighted by atomic mass is 10.1. The molecule has 0 aliphatic rings. The number of nitrogens with zero attached hydrogens (tertiary/aromatic N) is 2. The number of nitrogens with one attached hydrogen (secondary N) is 2. The van der Waals surface area contributed by atoms with Gasteiger partial charge in [-0.25, -0.2) is 4.98 Å². The van der Waals surface area contributed by atoms with E-state index < -0.39 is 4.92 Å². The maximum absolute atomic E-state index is 12.3. The van der Waals surface area contributed by atoms with Crippen LogP contribution in [0.2, 0.25) is 0 Å². The highest BCUT2D eigenvalue weighted by Gasteiger charge is 2.16. The normalized spacial score (nSPS) is 11.1. The van der Waals surface area contributed by atoms with Crippen molar-refractivity contribution in [2.75, 3.05) is 12.3 Å². The molecule has 0 radical (unpaired) electrons. The number of benzene rings is 3. The largest absolute Gasteiger partial charge is 0.399 e. The van der Waals surface area contributed by atoms with Gasteiger partial charge in [-0.05, 0) is 60.5 Å². The molecule has 2 heterocycles. The van der Waals surface area contributed by atoms with Crippen LogP contribution in [-0.4, -0.2) is 27.3 Å². The summed E-state index contributed by atoms with van der Waals surface area (Å²) in [5.74, 6) is -0.160. The summed E-state index contributed by atoms with van der Waals surface area (Å²) in [7, 11) is 0. The summed E-state index contributed by atoms with van der Waals surface area (Å²) < 4.78 is 0. The van der Waals surface area contributed by atoms with Gasteiger partial charge in [0.2, 0.25) is 0 Å². The second kappa shape index (κ2) is 8.67. The van der Waals surface area contributed by atoms with Gasteiger partial charge in [0, 0.05) is 40.2 Å². The molecule has 0 atom stereocenters. The molecule has 1 amide bonds. The van der Waals surface area contributed by atoms with E-state index in [0.717, 1.165) is 21.9 Å². The number of nitro benzene ring substituents is 1. The molecule has 8 heteroatoms. The predicted molar refractivity (Wildman–Crippen MR) is 133 cm³/mol. The Morgan fingerprint density at radius 1 is 1.00 bits per heavy atom. The summed E-state index contributed by atoms with van der Waals surface area (Å²) in [6.07, 6.45) is 0.665. The van der Waals surface area contributed by atoms with Gasteiger partial charge in [-0.3, -0.25) is 14.9 Å². The van der Waals surface area contributed by atoms with Crippen LogP contribution in [0, 0.1) is 10.1 Å². The van der Waals surface area contributed by atoms with Crippen LogP contribution in [0.15, 0.2) is 78.9 Å². The first-order valence-corrected chi connectivity index (χ1v) is 10.8. The second-order valence-electron chi connectivity index (χ2n) is 8.00. The highest BCUT2D eigenvalue weighted by atomic mass is 16.6. The summed E-state index contributed by atoms with van der Waals surface area (Å²) in [4.78, 5) is 31.3.